The topological polar surface area (TPSA) is 41.6 Å². The normalized spacial score (nSPS) is 10.9. The fraction of sp³-hybridized carbons (Fsp3) is 0.273. The van der Waals surface area contributed by atoms with Gasteiger partial charge in [-0.2, -0.15) is 5.26 Å². The van der Waals surface area contributed by atoms with Crippen molar-refractivity contribution in [2.45, 2.75) is 19.9 Å². The van der Waals surface area contributed by atoms with E-state index in [4.69, 9.17) is 5.26 Å². The predicted molar refractivity (Wildman–Crippen MR) is 62.5 cm³/mol. The zero-order chi connectivity index (χ0) is 11.0. The molecule has 0 spiro atoms. The highest BCUT2D eigenvalue weighted by atomic mass is 79.9. The van der Waals surface area contributed by atoms with E-state index in [1.807, 2.05) is 6.07 Å². The summed E-state index contributed by atoms with van der Waals surface area (Å²) in [6.45, 7) is 4.21. The lowest BCUT2D eigenvalue weighted by molar-refractivity contribution is 0.617. The first kappa shape index (κ1) is 10.2. The molecule has 0 aliphatic carbocycles. The van der Waals surface area contributed by atoms with Gasteiger partial charge in [-0.25, -0.2) is 4.98 Å². The Labute approximate surface area is 96.5 Å². The molecule has 0 saturated heterocycles. The average Bonchev–Trinajstić information content (AvgIpc) is 2.61. The van der Waals surface area contributed by atoms with Crippen molar-refractivity contribution in [2.75, 3.05) is 0 Å². The van der Waals surface area contributed by atoms with E-state index >= 15 is 0 Å². The predicted octanol–water partition coefficient (Wildman–Crippen LogP) is 3.25. The van der Waals surface area contributed by atoms with E-state index in [0.717, 1.165) is 15.5 Å². The standard InChI is InChI=1S/C11H10BrN3/c1-7(2)15-6-14-10-4-8(5-13)3-9(12)11(10)15/h3-4,6-7H,1-2H3. The van der Waals surface area contributed by atoms with Crippen LogP contribution in [0, 0.1) is 11.3 Å². The Kier molecular flexibility index (Phi) is 2.49. The van der Waals surface area contributed by atoms with Crippen molar-refractivity contribution in [1.29, 1.82) is 5.26 Å². The van der Waals surface area contributed by atoms with Gasteiger partial charge in [-0.15, -0.1) is 0 Å². The molecule has 4 heteroatoms. The van der Waals surface area contributed by atoms with E-state index < -0.39 is 0 Å². The highest BCUT2D eigenvalue weighted by Gasteiger charge is 2.10. The van der Waals surface area contributed by atoms with Crippen molar-refractivity contribution < 1.29 is 0 Å². The molecule has 0 fully saturated rings. The number of nitrogens with zero attached hydrogens (tertiary/aromatic N) is 3. The van der Waals surface area contributed by atoms with Crippen LogP contribution in [0.1, 0.15) is 25.5 Å². The largest absolute Gasteiger partial charge is 0.327 e. The van der Waals surface area contributed by atoms with Crippen LogP contribution >= 0.6 is 15.9 Å². The molecule has 0 radical (unpaired) electrons. The molecule has 2 rings (SSSR count). The Balaban J connectivity index is 2.78. The van der Waals surface area contributed by atoms with Crippen LogP contribution in [0.4, 0.5) is 0 Å². The zero-order valence-corrected chi connectivity index (χ0v) is 10.1. The molecule has 0 saturated carbocycles. The van der Waals surface area contributed by atoms with Gasteiger partial charge in [0, 0.05) is 10.5 Å². The summed E-state index contributed by atoms with van der Waals surface area (Å²) >= 11 is 3.47. The fourth-order valence-corrected chi connectivity index (χ4v) is 2.23. The molecule has 0 atom stereocenters. The SMILES string of the molecule is CC(C)n1cnc2cc(C#N)cc(Br)c21. The molecule has 0 amide bonds. The number of halogens is 1. The monoisotopic (exact) mass is 263 g/mol. The summed E-state index contributed by atoms with van der Waals surface area (Å²) < 4.78 is 3.00. The average molecular weight is 264 g/mol. The zero-order valence-electron chi connectivity index (χ0n) is 8.53. The minimum absolute atomic E-state index is 0.360. The van der Waals surface area contributed by atoms with E-state index in [-0.39, 0.29) is 0 Å². The van der Waals surface area contributed by atoms with Crippen LogP contribution in [0.15, 0.2) is 22.9 Å². The Hall–Kier alpha value is -1.34. The third-order valence-corrected chi connectivity index (χ3v) is 2.91. The molecule has 1 aromatic heterocycles. The molecule has 0 aliphatic heterocycles. The molecule has 1 heterocycles. The number of hydrogen-bond acceptors (Lipinski definition) is 2. The van der Waals surface area contributed by atoms with Crippen LogP contribution in [-0.2, 0) is 0 Å². The Morgan fingerprint density at radius 1 is 1.47 bits per heavy atom. The first-order valence-electron chi connectivity index (χ1n) is 4.69. The maximum absolute atomic E-state index is 8.83. The lowest BCUT2D eigenvalue weighted by atomic mass is 10.2. The van der Waals surface area contributed by atoms with Gasteiger partial charge >= 0.3 is 0 Å². The second-order valence-electron chi connectivity index (χ2n) is 3.68. The molecule has 3 nitrogen and oxygen atoms in total. The molecule has 15 heavy (non-hydrogen) atoms. The highest BCUT2D eigenvalue weighted by Crippen LogP contribution is 2.27. The summed E-state index contributed by atoms with van der Waals surface area (Å²) in [6.07, 6.45) is 1.81. The second-order valence-corrected chi connectivity index (χ2v) is 4.54. The quantitative estimate of drug-likeness (QED) is 0.793. The van der Waals surface area contributed by atoms with Crippen molar-refractivity contribution in [3.8, 4) is 6.07 Å². The molecule has 1 aromatic carbocycles. The molecular formula is C11H10BrN3. The lowest BCUT2D eigenvalue weighted by Gasteiger charge is -2.08. The Bertz CT molecular complexity index is 549. The number of hydrogen-bond donors (Lipinski definition) is 0. The molecule has 0 N–H and O–H groups in total. The molecule has 0 aliphatic rings. The summed E-state index contributed by atoms with van der Waals surface area (Å²) in [4.78, 5) is 4.29. The van der Waals surface area contributed by atoms with Crippen molar-refractivity contribution in [3.05, 3.63) is 28.5 Å². The van der Waals surface area contributed by atoms with E-state index in [9.17, 15) is 0 Å². The Morgan fingerprint density at radius 2 is 2.20 bits per heavy atom. The molecule has 0 bridgehead atoms. The maximum Gasteiger partial charge on any atom is 0.0992 e. The van der Waals surface area contributed by atoms with Crippen LogP contribution in [-0.4, -0.2) is 9.55 Å². The first-order valence-corrected chi connectivity index (χ1v) is 5.49. The lowest BCUT2D eigenvalue weighted by Crippen LogP contribution is -1.98. The maximum atomic E-state index is 8.83. The number of rotatable bonds is 1. The van der Waals surface area contributed by atoms with Crippen LogP contribution in [0.3, 0.4) is 0 Å². The first-order chi connectivity index (χ1) is 7.13. The van der Waals surface area contributed by atoms with Gasteiger partial charge in [0.25, 0.3) is 0 Å². The highest BCUT2D eigenvalue weighted by molar-refractivity contribution is 9.10. The number of aromatic nitrogens is 2. The van der Waals surface area contributed by atoms with Gasteiger partial charge < -0.3 is 4.57 Å². The molecule has 2 aromatic rings. The van der Waals surface area contributed by atoms with Crippen LogP contribution in [0.25, 0.3) is 11.0 Å². The minimum Gasteiger partial charge on any atom is -0.327 e. The number of nitriles is 1. The summed E-state index contributed by atoms with van der Waals surface area (Å²) in [6, 6.07) is 6.11. The van der Waals surface area contributed by atoms with Gasteiger partial charge in [0.05, 0.1) is 29.0 Å². The van der Waals surface area contributed by atoms with Crippen molar-refractivity contribution in [2.24, 2.45) is 0 Å². The van der Waals surface area contributed by atoms with E-state index in [0.29, 0.717) is 11.6 Å². The van der Waals surface area contributed by atoms with Crippen LogP contribution in [0.5, 0.6) is 0 Å². The number of fused-ring (bicyclic) bond motifs is 1. The number of benzene rings is 1. The van der Waals surface area contributed by atoms with Gasteiger partial charge in [0.1, 0.15) is 0 Å². The summed E-state index contributed by atoms with van der Waals surface area (Å²) in [5, 5.41) is 8.83. The fourth-order valence-electron chi connectivity index (χ4n) is 1.58. The van der Waals surface area contributed by atoms with Crippen molar-refractivity contribution in [1.82, 2.24) is 9.55 Å². The summed E-state index contributed by atoms with van der Waals surface area (Å²) in [7, 11) is 0. The smallest absolute Gasteiger partial charge is 0.0992 e. The van der Waals surface area contributed by atoms with Gasteiger partial charge in [0.15, 0.2) is 0 Å². The summed E-state index contributed by atoms with van der Waals surface area (Å²) in [5.41, 5.74) is 2.53. The minimum atomic E-state index is 0.360. The van der Waals surface area contributed by atoms with E-state index in [2.05, 4.69) is 45.4 Å². The summed E-state index contributed by atoms with van der Waals surface area (Å²) in [5.74, 6) is 0. The van der Waals surface area contributed by atoms with Crippen molar-refractivity contribution in [3.63, 3.8) is 0 Å². The van der Waals surface area contributed by atoms with Gasteiger partial charge in [-0.05, 0) is 41.9 Å². The molecule has 0 unspecified atom stereocenters. The van der Waals surface area contributed by atoms with Crippen LogP contribution in [0.2, 0.25) is 0 Å². The number of imidazole rings is 1. The van der Waals surface area contributed by atoms with E-state index in [1.54, 1.807) is 12.4 Å². The molecule has 76 valence electrons. The van der Waals surface area contributed by atoms with E-state index in [1.165, 1.54) is 0 Å². The second kappa shape index (κ2) is 3.67. The van der Waals surface area contributed by atoms with Gasteiger partial charge in [-0.3, -0.25) is 0 Å². The third kappa shape index (κ3) is 1.64. The molecular weight excluding hydrogens is 254 g/mol. The van der Waals surface area contributed by atoms with Crippen molar-refractivity contribution >= 4 is 27.0 Å². The van der Waals surface area contributed by atoms with Gasteiger partial charge in [0.2, 0.25) is 0 Å². The van der Waals surface area contributed by atoms with Gasteiger partial charge in [-0.1, -0.05) is 0 Å². The third-order valence-electron chi connectivity index (χ3n) is 2.31. The van der Waals surface area contributed by atoms with Crippen LogP contribution < -0.4 is 0 Å². The Morgan fingerprint density at radius 3 is 2.80 bits per heavy atom.